The summed E-state index contributed by atoms with van der Waals surface area (Å²) < 4.78 is 13.0. The van der Waals surface area contributed by atoms with Gasteiger partial charge in [-0.3, -0.25) is 9.78 Å². The zero-order valence-electron chi connectivity index (χ0n) is 10.1. The van der Waals surface area contributed by atoms with Crippen molar-refractivity contribution in [1.29, 1.82) is 0 Å². The SMILES string of the molecule is O=C(Nc1ccc2c(c1)CCN2)c1cncc(F)c1. The molecule has 2 aromatic rings. The van der Waals surface area contributed by atoms with Gasteiger partial charge in [0.25, 0.3) is 5.91 Å². The van der Waals surface area contributed by atoms with Gasteiger partial charge in [-0.15, -0.1) is 0 Å². The molecule has 0 spiro atoms. The summed E-state index contributed by atoms with van der Waals surface area (Å²) in [7, 11) is 0. The number of nitrogens with zero attached hydrogens (tertiary/aromatic N) is 1. The molecule has 1 aromatic heterocycles. The minimum absolute atomic E-state index is 0.207. The van der Waals surface area contributed by atoms with E-state index in [0.29, 0.717) is 5.69 Å². The first-order valence-corrected chi connectivity index (χ1v) is 6.01. The van der Waals surface area contributed by atoms with E-state index in [4.69, 9.17) is 0 Å². The Morgan fingerprint density at radius 2 is 2.21 bits per heavy atom. The number of fused-ring (bicyclic) bond motifs is 1. The van der Waals surface area contributed by atoms with E-state index in [2.05, 4.69) is 15.6 Å². The van der Waals surface area contributed by atoms with Crippen molar-refractivity contribution in [1.82, 2.24) is 4.98 Å². The molecular weight excluding hydrogens is 245 g/mol. The molecule has 1 aliphatic rings. The molecule has 0 atom stereocenters. The van der Waals surface area contributed by atoms with E-state index in [9.17, 15) is 9.18 Å². The van der Waals surface area contributed by atoms with Crippen LogP contribution in [0.25, 0.3) is 0 Å². The highest BCUT2D eigenvalue weighted by molar-refractivity contribution is 6.04. The largest absolute Gasteiger partial charge is 0.384 e. The lowest BCUT2D eigenvalue weighted by Gasteiger charge is -2.07. The standard InChI is InChI=1S/C14H12FN3O/c15-11-5-10(7-16-8-11)14(19)18-12-1-2-13-9(6-12)3-4-17-13/h1-2,5-8,17H,3-4H2,(H,18,19). The maximum atomic E-state index is 13.0. The van der Waals surface area contributed by atoms with Crippen molar-refractivity contribution < 1.29 is 9.18 Å². The maximum absolute atomic E-state index is 13.0. The van der Waals surface area contributed by atoms with Gasteiger partial charge in [0.05, 0.1) is 11.8 Å². The lowest BCUT2D eigenvalue weighted by molar-refractivity contribution is 0.102. The molecule has 0 fully saturated rings. The molecule has 0 saturated carbocycles. The molecule has 1 aromatic carbocycles. The van der Waals surface area contributed by atoms with Crippen molar-refractivity contribution in [3.8, 4) is 0 Å². The van der Waals surface area contributed by atoms with E-state index in [-0.39, 0.29) is 11.5 Å². The van der Waals surface area contributed by atoms with E-state index in [1.807, 2.05) is 18.2 Å². The Balaban J connectivity index is 1.80. The van der Waals surface area contributed by atoms with Gasteiger partial charge in [0, 0.05) is 24.1 Å². The van der Waals surface area contributed by atoms with Crippen LogP contribution in [0.1, 0.15) is 15.9 Å². The summed E-state index contributed by atoms with van der Waals surface area (Å²) in [5.74, 6) is -0.885. The lowest BCUT2D eigenvalue weighted by atomic mass is 10.1. The van der Waals surface area contributed by atoms with Gasteiger partial charge in [0.1, 0.15) is 5.82 Å². The number of hydrogen-bond donors (Lipinski definition) is 2. The van der Waals surface area contributed by atoms with Crippen molar-refractivity contribution in [3.63, 3.8) is 0 Å². The predicted octanol–water partition coefficient (Wildman–Crippen LogP) is 2.44. The molecule has 0 unspecified atom stereocenters. The fourth-order valence-electron chi connectivity index (χ4n) is 2.12. The molecule has 5 heteroatoms. The molecule has 19 heavy (non-hydrogen) atoms. The number of carbonyl (C=O) groups excluding carboxylic acids is 1. The van der Waals surface area contributed by atoms with E-state index in [0.717, 1.165) is 30.9 Å². The van der Waals surface area contributed by atoms with E-state index in [1.54, 1.807) is 0 Å². The van der Waals surface area contributed by atoms with Gasteiger partial charge in [-0.05, 0) is 36.2 Å². The minimum Gasteiger partial charge on any atom is -0.384 e. The van der Waals surface area contributed by atoms with E-state index >= 15 is 0 Å². The van der Waals surface area contributed by atoms with Gasteiger partial charge in [-0.2, -0.15) is 0 Å². The molecule has 2 N–H and O–H groups in total. The predicted molar refractivity (Wildman–Crippen MR) is 70.8 cm³/mol. The van der Waals surface area contributed by atoms with Gasteiger partial charge in [-0.25, -0.2) is 4.39 Å². The molecule has 1 aliphatic heterocycles. The zero-order valence-corrected chi connectivity index (χ0v) is 10.1. The Morgan fingerprint density at radius 3 is 3.05 bits per heavy atom. The van der Waals surface area contributed by atoms with Crippen LogP contribution in [0, 0.1) is 5.82 Å². The quantitative estimate of drug-likeness (QED) is 0.868. The Morgan fingerprint density at radius 1 is 1.32 bits per heavy atom. The molecular formula is C14H12FN3O. The Kier molecular flexibility index (Phi) is 2.87. The average Bonchev–Trinajstić information content (AvgIpc) is 2.86. The first-order valence-electron chi connectivity index (χ1n) is 6.01. The van der Waals surface area contributed by atoms with Crippen LogP contribution < -0.4 is 10.6 Å². The van der Waals surface area contributed by atoms with Gasteiger partial charge in [0.15, 0.2) is 0 Å². The fraction of sp³-hybridized carbons (Fsp3) is 0.143. The van der Waals surface area contributed by atoms with E-state index < -0.39 is 5.82 Å². The van der Waals surface area contributed by atoms with Crippen LogP contribution in [0.2, 0.25) is 0 Å². The highest BCUT2D eigenvalue weighted by Gasteiger charge is 2.12. The summed E-state index contributed by atoms with van der Waals surface area (Å²) in [6.45, 7) is 0.917. The number of pyridine rings is 1. The van der Waals surface area contributed by atoms with Crippen LogP contribution in [-0.4, -0.2) is 17.4 Å². The van der Waals surface area contributed by atoms with Crippen LogP contribution in [0.4, 0.5) is 15.8 Å². The zero-order chi connectivity index (χ0) is 13.2. The molecule has 2 heterocycles. The molecule has 0 aliphatic carbocycles. The third-order valence-electron chi connectivity index (χ3n) is 3.04. The summed E-state index contributed by atoms with van der Waals surface area (Å²) in [4.78, 5) is 15.6. The van der Waals surface area contributed by atoms with Crippen LogP contribution in [0.15, 0.2) is 36.7 Å². The summed E-state index contributed by atoms with van der Waals surface area (Å²) in [5, 5.41) is 5.99. The number of halogens is 1. The number of hydrogen-bond acceptors (Lipinski definition) is 3. The molecule has 0 radical (unpaired) electrons. The second-order valence-electron chi connectivity index (χ2n) is 4.39. The van der Waals surface area contributed by atoms with Gasteiger partial charge >= 0.3 is 0 Å². The maximum Gasteiger partial charge on any atom is 0.257 e. The number of anilines is 2. The molecule has 96 valence electrons. The van der Waals surface area contributed by atoms with Gasteiger partial charge in [-0.1, -0.05) is 0 Å². The number of nitrogens with one attached hydrogen (secondary N) is 2. The second kappa shape index (κ2) is 4.68. The smallest absolute Gasteiger partial charge is 0.257 e. The third kappa shape index (κ3) is 2.40. The third-order valence-corrected chi connectivity index (χ3v) is 3.04. The topological polar surface area (TPSA) is 54.0 Å². The summed E-state index contributed by atoms with van der Waals surface area (Å²) in [6.07, 6.45) is 3.35. The van der Waals surface area contributed by atoms with Crippen molar-refractivity contribution >= 4 is 17.3 Å². The minimum atomic E-state index is -0.522. The molecule has 3 rings (SSSR count). The first kappa shape index (κ1) is 11.6. The van der Waals surface area contributed by atoms with Crippen molar-refractivity contribution in [2.45, 2.75) is 6.42 Å². The molecule has 1 amide bonds. The van der Waals surface area contributed by atoms with Crippen LogP contribution in [0.5, 0.6) is 0 Å². The van der Waals surface area contributed by atoms with E-state index in [1.165, 1.54) is 11.8 Å². The number of rotatable bonds is 2. The Bertz CT molecular complexity index is 642. The van der Waals surface area contributed by atoms with Gasteiger partial charge < -0.3 is 10.6 Å². The van der Waals surface area contributed by atoms with Crippen molar-refractivity contribution in [2.24, 2.45) is 0 Å². The number of benzene rings is 1. The molecule has 4 nitrogen and oxygen atoms in total. The summed E-state index contributed by atoms with van der Waals surface area (Å²) in [6, 6.07) is 6.85. The number of aromatic nitrogens is 1. The lowest BCUT2D eigenvalue weighted by Crippen LogP contribution is -2.12. The molecule has 0 bridgehead atoms. The number of amides is 1. The van der Waals surface area contributed by atoms with Gasteiger partial charge in [0.2, 0.25) is 0 Å². The van der Waals surface area contributed by atoms with Crippen LogP contribution in [-0.2, 0) is 6.42 Å². The Labute approximate surface area is 109 Å². The summed E-state index contributed by atoms with van der Waals surface area (Å²) in [5.41, 5.74) is 3.19. The van der Waals surface area contributed by atoms with Crippen LogP contribution in [0.3, 0.4) is 0 Å². The van der Waals surface area contributed by atoms with Crippen molar-refractivity contribution in [3.05, 3.63) is 53.6 Å². The monoisotopic (exact) mass is 257 g/mol. The highest BCUT2D eigenvalue weighted by atomic mass is 19.1. The normalized spacial score (nSPS) is 12.7. The second-order valence-corrected chi connectivity index (χ2v) is 4.39. The first-order chi connectivity index (χ1) is 9.22. The summed E-state index contributed by atoms with van der Waals surface area (Å²) >= 11 is 0. The molecule has 0 saturated heterocycles. The Hall–Kier alpha value is -2.43. The highest BCUT2D eigenvalue weighted by Crippen LogP contribution is 2.25. The average molecular weight is 257 g/mol. The van der Waals surface area contributed by atoms with Crippen LogP contribution >= 0.6 is 0 Å². The van der Waals surface area contributed by atoms with Crippen molar-refractivity contribution in [2.75, 3.05) is 17.2 Å². The number of carbonyl (C=O) groups is 1. The fourth-order valence-corrected chi connectivity index (χ4v) is 2.12.